The van der Waals surface area contributed by atoms with Crippen LogP contribution in [0.1, 0.15) is 38.1 Å². The van der Waals surface area contributed by atoms with Crippen LogP contribution in [0.2, 0.25) is 5.02 Å². The van der Waals surface area contributed by atoms with Crippen molar-refractivity contribution < 1.29 is 14.3 Å². The molecule has 6 nitrogen and oxygen atoms in total. The summed E-state index contributed by atoms with van der Waals surface area (Å²) in [6, 6.07) is 13.0. The number of halogens is 1. The molecule has 2 heterocycles. The third-order valence-electron chi connectivity index (χ3n) is 5.58. The minimum atomic E-state index is -0.112. The molecular formula is C24H26ClN3O3S. The summed E-state index contributed by atoms with van der Waals surface area (Å²) in [7, 11) is 3.31. The summed E-state index contributed by atoms with van der Waals surface area (Å²) in [5, 5.41) is 4.71. The molecule has 1 amide bonds. The zero-order valence-electron chi connectivity index (χ0n) is 18.1. The number of likely N-dealkylation sites (tertiary alicyclic amines) is 1. The van der Waals surface area contributed by atoms with E-state index in [0.29, 0.717) is 23.0 Å². The highest BCUT2D eigenvalue weighted by Gasteiger charge is 2.26. The van der Waals surface area contributed by atoms with Crippen LogP contribution in [-0.4, -0.2) is 43.1 Å². The third-order valence-corrected chi connectivity index (χ3v) is 6.99. The molecule has 4 rings (SSSR count). The van der Waals surface area contributed by atoms with Crippen molar-refractivity contribution in [3.05, 3.63) is 74.7 Å². The first-order valence-corrected chi connectivity index (χ1v) is 11.7. The Morgan fingerprint density at radius 1 is 1.19 bits per heavy atom. The van der Waals surface area contributed by atoms with Crippen molar-refractivity contribution >= 4 is 28.8 Å². The van der Waals surface area contributed by atoms with Gasteiger partial charge in [-0.05, 0) is 54.9 Å². The van der Waals surface area contributed by atoms with Crippen LogP contribution in [0.25, 0.3) is 0 Å². The van der Waals surface area contributed by atoms with Crippen molar-refractivity contribution in [1.82, 2.24) is 15.2 Å². The van der Waals surface area contributed by atoms with Gasteiger partial charge in [-0.15, -0.1) is 11.3 Å². The van der Waals surface area contributed by atoms with Crippen molar-refractivity contribution in [2.24, 2.45) is 0 Å². The first-order chi connectivity index (χ1) is 15.6. The van der Waals surface area contributed by atoms with E-state index in [0.717, 1.165) is 47.4 Å². The number of nitrogens with zero attached hydrogens (tertiary/aromatic N) is 2. The molecule has 0 radical (unpaired) electrons. The minimum Gasteiger partial charge on any atom is -0.493 e. The molecule has 3 aromatic rings. The maximum Gasteiger partial charge on any atom is 0.251 e. The molecule has 0 spiro atoms. The number of carbonyl (C=O) groups is 1. The van der Waals surface area contributed by atoms with Gasteiger partial charge in [-0.25, -0.2) is 4.98 Å². The number of carbonyl (C=O) groups excluding carboxylic acids is 1. The second-order valence-corrected chi connectivity index (χ2v) is 9.35. The van der Waals surface area contributed by atoms with Gasteiger partial charge in [0.2, 0.25) is 0 Å². The Labute approximate surface area is 197 Å². The van der Waals surface area contributed by atoms with E-state index in [1.807, 2.05) is 18.3 Å². The molecular weight excluding hydrogens is 446 g/mol. The minimum absolute atomic E-state index is 0.112. The van der Waals surface area contributed by atoms with Crippen molar-refractivity contribution in [3.8, 4) is 11.5 Å². The summed E-state index contributed by atoms with van der Waals surface area (Å²) < 4.78 is 10.7. The summed E-state index contributed by atoms with van der Waals surface area (Å²) in [5.74, 6) is 1.81. The van der Waals surface area contributed by atoms with Crippen LogP contribution in [0.4, 0.5) is 0 Å². The van der Waals surface area contributed by atoms with E-state index in [1.54, 1.807) is 49.8 Å². The van der Waals surface area contributed by atoms with Crippen LogP contribution >= 0.6 is 22.9 Å². The van der Waals surface area contributed by atoms with E-state index in [-0.39, 0.29) is 5.91 Å². The molecule has 32 heavy (non-hydrogen) atoms. The van der Waals surface area contributed by atoms with Crippen molar-refractivity contribution in [2.75, 3.05) is 27.3 Å². The fraction of sp³-hybridized carbons (Fsp3) is 0.333. The Bertz CT molecular complexity index is 1070. The van der Waals surface area contributed by atoms with Crippen molar-refractivity contribution in [1.29, 1.82) is 0 Å². The summed E-state index contributed by atoms with van der Waals surface area (Å²) in [4.78, 5) is 20.4. The quantitative estimate of drug-likeness (QED) is 0.514. The molecule has 1 atom stereocenters. The van der Waals surface area contributed by atoms with E-state index in [4.69, 9.17) is 21.1 Å². The van der Waals surface area contributed by atoms with Gasteiger partial charge >= 0.3 is 0 Å². The van der Waals surface area contributed by atoms with E-state index in [2.05, 4.69) is 21.3 Å². The molecule has 1 saturated heterocycles. The number of aromatic nitrogens is 1. The second-order valence-electron chi connectivity index (χ2n) is 7.76. The van der Waals surface area contributed by atoms with Crippen LogP contribution in [-0.2, 0) is 13.1 Å². The highest BCUT2D eigenvalue weighted by Crippen LogP contribution is 2.33. The van der Waals surface area contributed by atoms with Gasteiger partial charge < -0.3 is 14.8 Å². The van der Waals surface area contributed by atoms with Crippen LogP contribution in [0.15, 0.2) is 48.7 Å². The Balaban J connectivity index is 1.30. The molecule has 1 aromatic heterocycles. The topological polar surface area (TPSA) is 63.7 Å². The lowest BCUT2D eigenvalue weighted by Crippen LogP contribution is -2.22. The van der Waals surface area contributed by atoms with Crippen molar-refractivity contribution in [3.63, 3.8) is 0 Å². The molecule has 1 aliphatic rings. The molecule has 1 N–H and O–H groups in total. The lowest BCUT2D eigenvalue weighted by atomic mass is 10.1. The largest absolute Gasteiger partial charge is 0.493 e. The summed E-state index contributed by atoms with van der Waals surface area (Å²) in [6.07, 6.45) is 2.95. The normalized spacial score (nSPS) is 16.2. The van der Waals surface area contributed by atoms with Gasteiger partial charge in [0.15, 0.2) is 11.5 Å². The summed E-state index contributed by atoms with van der Waals surface area (Å²) >= 11 is 7.56. The van der Waals surface area contributed by atoms with Gasteiger partial charge in [-0.1, -0.05) is 17.7 Å². The second kappa shape index (κ2) is 10.3. The first-order valence-electron chi connectivity index (χ1n) is 10.5. The summed E-state index contributed by atoms with van der Waals surface area (Å²) in [5.41, 5.74) is 1.80. The Hall–Kier alpha value is -2.61. The lowest BCUT2D eigenvalue weighted by molar-refractivity contribution is 0.0951. The molecule has 1 fully saturated rings. The van der Waals surface area contributed by atoms with Crippen LogP contribution in [0.3, 0.4) is 0 Å². The Morgan fingerprint density at radius 2 is 1.97 bits per heavy atom. The fourth-order valence-electron chi connectivity index (χ4n) is 3.88. The number of nitrogens with one attached hydrogen (secondary N) is 1. The number of methoxy groups -OCH3 is 2. The maximum absolute atomic E-state index is 12.3. The highest BCUT2D eigenvalue weighted by atomic mass is 35.5. The maximum atomic E-state index is 12.3. The SMILES string of the molecule is COc1ccc(CN2CCC(c3ncc(CNC(=O)c4ccc(Cl)cc4)s3)C2)cc1OC. The summed E-state index contributed by atoms with van der Waals surface area (Å²) in [6.45, 7) is 3.34. The number of amides is 1. The smallest absolute Gasteiger partial charge is 0.251 e. The number of hydrogen-bond acceptors (Lipinski definition) is 6. The number of thiazole rings is 1. The molecule has 8 heteroatoms. The fourth-order valence-corrected chi connectivity index (χ4v) is 4.99. The predicted octanol–water partition coefficient (Wildman–Crippen LogP) is 4.73. The number of hydrogen-bond donors (Lipinski definition) is 1. The standard InChI is InChI=1S/C24H26ClN3O3S/c1-30-21-8-3-16(11-22(21)31-2)14-28-10-9-18(15-28)24-27-13-20(32-24)12-26-23(29)17-4-6-19(25)7-5-17/h3-8,11,13,18H,9-10,12,14-15H2,1-2H3,(H,26,29). The van der Waals surface area contributed by atoms with Gasteiger partial charge in [0.1, 0.15) is 0 Å². The monoisotopic (exact) mass is 471 g/mol. The van der Waals surface area contributed by atoms with Gasteiger partial charge in [-0.2, -0.15) is 0 Å². The molecule has 2 aromatic carbocycles. The van der Waals surface area contributed by atoms with E-state index in [9.17, 15) is 4.79 Å². The third kappa shape index (κ3) is 5.41. The molecule has 0 bridgehead atoms. The van der Waals surface area contributed by atoms with Crippen LogP contribution < -0.4 is 14.8 Å². The molecule has 0 saturated carbocycles. The van der Waals surface area contributed by atoms with Crippen LogP contribution in [0, 0.1) is 0 Å². The number of benzene rings is 2. The number of rotatable bonds is 8. The van der Waals surface area contributed by atoms with Gasteiger partial charge in [0.25, 0.3) is 5.91 Å². The van der Waals surface area contributed by atoms with Gasteiger partial charge in [-0.3, -0.25) is 9.69 Å². The Kier molecular flexibility index (Phi) is 7.29. The zero-order valence-corrected chi connectivity index (χ0v) is 19.7. The first kappa shape index (κ1) is 22.6. The molecule has 1 unspecified atom stereocenters. The number of ether oxygens (including phenoxy) is 2. The predicted molar refractivity (Wildman–Crippen MR) is 127 cm³/mol. The van der Waals surface area contributed by atoms with Gasteiger partial charge in [0.05, 0.1) is 25.8 Å². The Morgan fingerprint density at radius 3 is 2.72 bits per heavy atom. The van der Waals surface area contributed by atoms with Gasteiger partial charge in [0, 0.05) is 40.7 Å². The van der Waals surface area contributed by atoms with E-state index < -0.39 is 0 Å². The average molecular weight is 472 g/mol. The zero-order chi connectivity index (χ0) is 22.5. The van der Waals surface area contributed by atoms with Crippen LogP contribution in [0.5, 0.6) is 11.5 Å². The molecule has 1 aliphatic heterocycles. The van der Waals surface area contributed by atoms with E-state index in [1.165, 1.54) is 5.56 Å². The molecule has 168 valence electrons. The van der Waals surface area contributed by atoms with E-state index >= 15 is 0 Å². The average Bonchev–Trinajstić information content (AvgIpc) is 3.47. The highest BCUT2D eigenvalue weighted by molar-refractivity contribution is 7.11. The van der Waals surface area contributed by atoms with Crippen molar-refractivity contribution in [2.45, 2.75) is 25.4 Å². The lowest BCUT2D eigenvalue weighted by Gasteiger charge is -2.17. The molecule has 0 aliphatic carbocycles.